The van der Waals surface area contributed by atoms with Gasteiger partial charge in [0.2, 0.25) is 0 Å². The average molecular weight is 281 g/mol. The predicted octanol–water partition coefficient (Wildman–Crippen LogP) is 2.08. The molecule has 0 spiro atoms. The number of fused-ring (bicyclic) bond motifs is 1. The number of anilines is 1. The number of aromatic nitrogens is 3. The summed E-state index contributed by atoms with van der Waals surface area (Å²) in [5.41, 5.74) is 10.0. The number of nitrogens with zero attached hydrogens (tertiary/aromatic N) is 3. The highest BCUT2D eigenvalue weighted by Gasteiger charge is 2.06. The first kappa shape index (κ1) is 13.6. The Bertz CT molecular complexity index is 730. The fraction of sp³-hybridized carbons (Fsp3) is 0.250. The Balaban J connectivity index is 1.74. The number of imidazole rings is 1. The van der Waals surface area contributed by atoms with Crippen LogP contribution in [-0.4, -0.2) is 21.1 Å². The summed E-state index contributed by atoms with van der Waals surface area (Å²) in [4.78, 5) is 8.77. The SMILES string of the molecule is Cn1cnc2c(NCc3ccc(CCN)cc3)nccc21. The first-order chi connectivity index (χ1) is 10.3. The first-order valence-electron chi connectivity index (χ1n) is 7.05. The molecule has 1 aromatic carbocycles. The van der Waals surface area contributed by atoms with Crippen molar-refractivity contribution < 1.29 is 0 Å². The van der Waals surface area contributed by atoms with Gasteiger partial charge in [0.25, 0.3) is 0 Å². The molecular formula is C16H19N5. The van der Waals surface area contributed by atoms with E-state index in [1.54, 1.807) is 12.5 Å². The predicted molar refractivity (Wildman–Crippen MR) is 85.0 cm³/mol. The minimum Gasteiger partial charge on any atom is -0.364 e. The molecule has 0 aliphatic heterocycles. The third kappa shape index (κ3) is 2.87. The van der Waals surface area contributed by atoms with E-state index in [0.717, 1.165) is 29.8 Å². The highest BCUT2D eigenvalue weighted by atomic mass is 15.1. The third-order valence-corrected chi connectivity index (χ3v) is 3.56. The highest BCUT2D eigenvalue weighted by molar-refractivity contribution is 5.85. The first-order valence-corrected chi connectivity index (χ1v) is 7.05. The van der Waals surface area contributed by atoms with Crippen molar-refractivity contribution in [2.75, 3.05) is 11.9 Å². The lowest BCUT2D eigenvalue weighted by atomic mass is 10.1. The molecule has 3 N–H and O–H groups in total. The molecule has 0 saturated heterocycles. The molecule has 2 aromatic heterocycles. The van der Waals surface area contributed by atoms with Crippen LogP contribution in [0.1, 0.15) is 11.1 Å². The smallest absolute Gasteiger partial charge is 0.154 e. The molecule has 108 valence electrons. The van der Waals surface area contributed by atoms with Crippen LogP contribution >= 0.6 is 0 Å². The minimum atomic E-state index is 0.684. The van der Waals surface area contributed by atoms with Gasteiger partial charge in [0.05, 0.1) is 11.8 Å². The summed E-state index contributed by atoms with van der Waals surface area (Å²) < 4.78 is 1.99. The van der Waals surface area contributed by atoms with Crippen molar-refractivity contribution in [3.05, 3.63) is 54.0 Å². The van der Waals surface area contributed by atoms with Gasteiger partial charge in [-0.15, -0.1) is 0 Å². The zero-order chi connectivity index (χ0) is 14.7. The summed E-state index contributed by atoms with van der Waals surface area (Å²) in [5, 5.41) is 3.36. The van der Waals surface area contributed by atoms with Crippen LogP contribution in [0.5, 0.6) is 0 Å². The molecule has 0 saturated carbocycles. The van der Waals surface area contributed by atoms with E-state index in [-0.39, 0.29) is 0 Å². The average Bonchev–Trinajstić information content (AvgIpc) is 2.89. The van der Waals surface area contributed by atoms with E-state index >= 15 is 0 Å². The van der Waals surface area contributed by atoms with Gasteiger partial charge in [-0.05, 0) is 30.2 Å². The molecule has 0 aliphatic rings. The summed E-state index contributed by atoms with van der Waals surface area (Å²) in [6, 6.07) is 10.5. The summed E-state index contributed by atoms with van der Waals surface area (Å²) in [6.45, 7) is 1.41. The van der Waals surface area contributed by atoms with E-state index < -0.39 is 0 Å². The molecule has 0 amide bonds. The largest absolute Gasteiger partial charge is 0.364 e. The Labute approximate surface area is 123 Å². The van der Waals surface area contributed by atoms with E-state index in [1.807, 2.05) is 17.7 Å². The van der Waals surface area contributed by atoms with Crippen molar-refractivity contribution in [2.45, 2.75) is 13.0 Å². The van der Waals surface area contributed by atoms with Gasteiger partial charge in [-0.25, -0.2) is 9.97 Å². The lowest BCUT2D eigenvalue weighted by Crippen LogP contribution is -2.04. The van der Waals surface area contributed by atoms with E-state index in [4.69, 9.17) is 5.73 Å². The van der Waals surface area contributed by atoms with Gasteiger partial charge >= 0.3 is 0 Å². The van der Waals surface area contributed by atoms with Gasteiger partial charge in [-0.3, -0.25) is 0 Å². The van der Waals surface area contributed by atoms with Gasteiger partial charge in [0.1, 0.15) is 5.52 Å². The summed E-state index contributed by atoms with van der Waals surface area (Å²) >= 11 is 0. The highest BCUT2D eigenvalue weighted by Crippen LogP contribution is 2.19. The van der Waals surface area contributed by atoms with Crippen LogP contribution in [-0.2, 0) is 20.0 Å². The number of aryl methyl sites for hydroxylation is 1. The number of rotatable bonds is 5. The van der Waals surface area contributed by atoms with E-state index in [9.17, 15) is 0 Å². The molecular weight excluding hydrogens is 262 g/mol. The van der Waals surface area contributed by atoms with Gasteiger partial charge < -0.3 is 15.6 Å². The second-order valence-corrected chi connectivity index (χ2v) is 5.09. The second kappa shape index (κ2) is 5.93. The zero-order valence-electron chi connectivity index (χ0n) is 12.1. The van der Waals surface area contributed by atoms with Crippen LogP contribution in [0.15, 0.2) is 42.9 Å². The fourth-order valence-corrected chi connectivity index (χ4v) is 2.37. The maximum absolute atomic E-state index is 5.56. The maximum Gasteiger partial charge on any atom is 0.154 e. The minimum absolute atomic E-state index is 0.684. The second-order valence-electron chi connectivity index (χ2n) is 5.09. The lowest BCUT2D eigenvalue weighted by Gasteiger charge is -2.07. The van der Waals surface area contributed by atoms with Crippen LogP contribution in [0.2, 0.25) is 0 Å². The summed E-state index contributed by atoms with van der Waals surface area (Å²) in [7, 11) is 1.98. The van der Waals surface area contributed by atoms with Crippen LogP contribution in [0.25, 0.3) is 11.0 Å². The maximum atomic E-state index is 5.56. The zero-order valence-corrected chi connectivity index (χ0v) is 12.1. The number of hydrogen-bond donors (Lipinski definition) is 2. The van der Waals surface area contributed by atoms with Crippen LogP contribution in [0.3, 0.4) is 0 Å². The van der Waals surface area contributed by atoms with Crippen molar-refractivity contribution in [1.29, 1.82) is 0 Å². The number of benzene rings is 1. The normalized spacial score (nSPS) is 11.0. The Morgan fingerprint density at radius 2 is 1.86 bits per heavy atom. The molecule has 5 heteroatoms. The van der Waals surface area contributed by atoms with E-state index in [2.05, 4.69) is 39.6 Å². The molecule has 0 fully saturated rings. The Morgan fingerprint density at radius 3 is 2.62 bits per heavy atom. The number of pyridine rings is 1. The molecule has 0 unspecified atom stereocenters. The summed E-state index contributed by atoms with van der Waals surface area (Å²) in [6.07, 6.45) is 4.53. The molecule has 5 nitrogen and oxygen atoms in total. The van der Waals surface area contributed by atoms with Crippen molar-refractivity contribution in [3.63, 3.8) is 0 Å². The van der Waals surface area contributed by atoms with Crippen LogP contribution in [0.4, 0.5) is 5.82 Å². The molecule has 0 radical (unpaired) electrons. The third-order valence-electron chi connectivity index (χ3n) is 3.56. The number of nitrogens with two attached hydrogens (primary N) is 1. The van der Waals surface area contributed by atoms with Gasteiger partial charge in [0, 0.05) is 19.8 Å². The molecule has 21 heavy (non-hydrogen) atoms. The number of nitrogens with one attached hydrogen (secondary N) is 1. The van der Waals surface area contributed by atoms with Crippen molar-refractivity contribution in [2.24, 2.45) is 12.8 Å². The topological polar surface area (TPSA) is 68.8 Å². The summed E-state index contributed by atoms with van der Waals surface area (Å²) in [5.74, 6) is 0.819. The van der Waals surface area contributed by atoms with Crippen LogP contribution < -0.4 is 11.1 Å². The molecule has 0 atom stereocenters. The van der Waals surface area contributed by atoms with Gasteiger partial charge in [-0.1, -0.05) is 24.3 Å². The van der Waals surface area contributed by atoms with Gasteiger partial charge in [0.15, 0.2) is 5.82 Å². The van der Waals surface area contributed by atoms with Crippen LogP contribution in [0, 0.1) is 0 Å². The lowest BCUT2D eigenvalue weighted by molar-refractivity contribution is 0.947. The van der Waals surface area contributed by atoms with Crippen molar-refractivity contribution >= 4 is 16.9 Å². The van der Waals surface area contributed by atoms with Crippen molar-refractivity contribution in [1.82, 2.24) is 14.5 Å². The quantitative estimate of drug-likeness (QED) is 0.751. The Morgan fingerprint density at radius 1 is 1.10 bits per heavy atom. The monoisotopic (exact) mass is 281 g/mol. The van der Waals surface area contributed by atoms with Crippen molar-refractivity contribution in [3.8, 4) is 0 Å². The standard InChI is InChI=1S/C16H19N5/c1-21-11-20-15-14(21)7-9-18-16(15)19-10-13-4-2-12(3-5-13)6-8-17/h2-5,7,9,11H,6,8,10,17H2,1H3,(H,18,19). The van der Waals surface area contributed by atoms with Gasteiger partial charge in [-0.2, -0.15) is 0 Å². The Hall–Kier alpha value is -2.40. The molecule has 3 aromatic rings. The molecule has 0 aliphatic carbocycles. The van der Waals surface area contributed by atoms with E-state index in [1.165, 1.54) is 11.1 Å². The fourth-order valence-electron chi connectivity index (χ4n) is 2.37. The molecule has 2 heterocycles. The Kier molecular flexibility index (Phi) is 3.83. The molecule has 0 bridgehead atoms. The van der Waals surface area contributed by atoms with E-state index in [0.29, 0.717) is 6.54 Å². The number of hydrogen-bond acceptors (Lipinski definition) is 4. The molecule has 3 rings (SSSR count).